The third-order valence-corrected chi connectivity index (χ3v) is 6.07. The highest BCUT2D eigenvalue weighted by molar-refractivity contribution is 5.69. The zero-order valence-corrected chi connectivity index (χ0v) is 21.0. The lowest BCUT2D eigenvalue weighted by molar-refractivity contribution is 0.0175. The molecule has 5 nitrogen and oxygen atoms in total. The molecule has 194 valence electrons. The number of rotatable bonds is 7. The van der Waals surface area contributed by atoms with E-state index in [9.17, 15) is 17.6 Å². The summed E-state index contributed by atoms with van der Waals surface area (Å²) in [4.78, 5) is 12.6. The van der Waals surface area contributed by atoms with Crippen molar-refractivity contribution in [2.24, 2.45) is 0 Å². The number of piperidine rings is 1. The number of alkyl halides is 4. The van der Waals surface area contributed by atoms with E-state index in [2.05, 4.69) is 19.8 Å². The highest BCUT2D eigenvalue weighted by atomic mass is 19.3. The summed E-state index contributed by atoms with van der Waals surface area (Å²) in [5.41, 5.74) is 1.35. The number of pyridine rings is 2. The van der Waals surface area contributed by atoms with Gasteiger partial charge in [0.15, 0.2) is 0 Å². The van der Waals surface area contributed by atoms with Crippen molar-refractivity contribution in [1.82, 2.24) is 9.97 Å². The van der Waals surface area contributed by atoms with Crippen molar-refractivity contribution in [1.29, 1.82) is 0 Å². The first-order chi connectivity index (χ1) is 17.3. The Morgan fingerprint density at radius 1 is 1.00 bits per heavy atom. The largest absolute Gasteiger partial charge is 0.494 e. The van der Waals surface area contributed by atoms with Crippen molar-refractivity contribution < 1.29 is 22.3 Å². The third-order valence-electron chi connectivity index (χ3n) is 6.07. The van der Waals surface area contributed by atoms with E-state index in [-0.39, 0.29) is 17.2 Å². The quantitative estimate of drug-likeness (QED) is 0.314. The maximum atomic E-state index is 13.8. The van der Waals surface area contributed by atoms with E-state index in [4.69, 9.17) is 4.74 Å². The van der Waals surface area contributed by atoms with Gasteiger partial charge in [0.25, 0.3) is 12.3 Å². The van der Waals surface area contributed by atoms with Gasteiger partial charge in [-0.2, -0.15) is 0 Å². The fourth-order valence-corrected chi connectivity index (χ4v) is 4.25. The molecule has 9 heteroatoms. The van der Waals surface area contributed by atoms with E-state index >= 15 is 0 Å². The number of nitrogens with zero attached hydrogens (tertiary/aromatic N) is 4. The summed E-state index contributed by atoms with van der Waals surface area (Å²) in [5, 5.41) is 0. The molecule has 0 aliphatic carbocycles. The smallest absolute Gasteiger partial charge is 0.270 e. The van der Waals surface area contributed by atoms with Crippen molar-refractivity contribution >= 4 is 17.2 Å². The number of hydrogen-bond donors (Lipinski definition) is 0. The first-order valence-corrected chi connectivity index (χ1v) is 12.0. The lowest BCUT2D eigenvalue weighted by Crippen LogP contribution is -2.43. The lowest BCUT2D eigenvalue weighted by Gasteiger charge is -2.40. The Morgan fingerprint density at radius 2 is 1.67 bits per heavy atom. The summed E-state index contributed by atoms with van der Waals surface area (Å²) >= 11 is 0. The molecule has 1 fully saturated rings. The molecular formula is C27H32F4N4O. The van der Waals surface area contributed by atoms with Gasteiger partial charge in [-0.1, -0.05) is 26.0 Å². The van der Waals surface area contributed by atoms with Crippen LogP contribution in [0.3, 0.4) is 0 Å². The maximum Gasteiger partial charge on any atom is 0.270 e. The Morgan fingerprint density at radius 3 is 2.19 bits per heavy atom. The van der Waals surface area contributed by atoms with Crippen LogP contribution in [0.4, 0.5) is 34.8 Å². The van der Waals surface area contributed by atoms with Crippen molar-refractivity contribution in [3.05, 3.63) is 72.2 Å². The molecule has 0 bridgehead atoms. The van der Waals surface area contributed by atoms with E-state index < -0.39 is 12.3 Å². The zero-order valence-electron chi connectivity index (χ0n) is 21.0. The molecular weight excluding hydrogens is 472 g/mol. The maximum absolute atomic E-state index is 13.8. The van der Waals surface area contributed by atoms with Gasteiger partial charge in [-0.3, -0.25) is 4.98 Å². The standard InChI is InChI=1S/C25H26F4N4O.C2H6/c1-25(28,29)18-4-6-19(7-5-18)33(21-16-30-12-9-22(21)34-2)20-10-13-32(14-11-20)23-8-3-17(15-31-23)24(26)27;1-2/h3-9,12,15-16,20,24H,10-11,13-14H2,1-2H3;1-2H3. The first kappa shape index (κ1) is 27.2. The Labute approximate surface area is 209 Å². The van der Waals surface area contributed by atoms with Crippen LogP contribution in [-0.4, -0.2) is 36.2 Å². The molecule has 1 aliphatic rings. The molecule has 0 unspecified atom stereocenters. The Hall–Kier alpha value is -3.36. The normalized spacial score (nSPS) is 14.3. The highest BCUT2D eigenvalue weighted by Gasteiger charge is 2.30. The van der Waals surface area contributed by atoms with E-state index in [1.54, 1.807) is 43.8 Å². The van der Waals surface area contributed by atoms with E-state index in [1.807, 2.05) is 13.8 Å². The first-order valence-electron chi connectivity index (χ1n) is 12.0. The summed E-state index contributed by atoms with van der Waals surface area (Å²) < 4.78 is 58.8. The molecule has 0 saturated carbocycles. The molecule has 1 saturated heterocycles. The molecule has 3 heterocycles. The molecule has 3 aromatic rings. The minimum absolute atomic E-state index is 0.0441. The van der Waals surface area contributed by atoms with Crippen molar-refractivity contribution in [2.75, 3.05) is 30.0 Å². The number of anilines is 3. The second kappa shape index (κ2) is 12.1. The molecule has 0 radical (unpaired) electrons. The second-order valence-electron chi connectivity index (χ2n) is 8.32. The minimum atomic E-state index is -2.92. The lowest BCUT2D eigenvalue weighted by atomic mass is 10.0. The fourth-order valence-electron chi connectivity index (χ4n) is 4.25. The van der Waals surface area contributed by atoms with Gasteiger partial charge in [0, 0.05) is 61.3 Å². The van der Waals surface area contributed by atoms with Gasteiger partial charge in [0.05, 0.1) is 13.3 Å². The predicted octanol–water partition coefficient (Wildman–Crippen LogP) is 7.37. The van der Waals surface area contributed by atoms with E-state index in [0.29, 0.717) is 24.7 Å². The number of benzene rings is 1. The summed E-state index contributed by atoms with van der Waals surface area (Å²) in [5.74, 6) is -1.64. The molecule has 1 aromatic carbocycles. The van der Waals surface area contributed by atoms with Crippen LogP contribution in [0, 0.1) is 0 Å². The monoisotopic (exact) mass is 504 g/mol. The van der Waals surface area contributed by atoms with Gasteiger partial charge < -0.3 is 14.5 Å². The molecule has 1 aliphatic heterocycles. The summed E-state index contributed by atoms with van der Waals surface area (Å²) in [6.07, 6.45) is 3.49. The van der Waals surface area contributed by atoms with Gasteiger partial charge in [0.2, 0.25) is 0 Å². The van der Waals surface area contributed by atoms with Crippen molar-refractivity contribution in [3.63, 3.8) is 0 Å². The van der Waals surface area contributed by atoms with E-state index in [0.717, 1.165) is 31.1 Å². The van der Waals surface area contributed by atoms with Crippen LogP contribution in [-0.2, 0) is 5.92 Å². The van der Waals surface area contributed by atoms with Gasteiger partial charge >= 0.3 is 0 Å². The van der Waals surface area contributed by atoms with Crippen molar-refractivity contribution in [2.45, 2.75) is 52.0 Å². The Bertz CT molecular complexity index is 1080. The molecule has 0 N–H and O–H groups in total. The summed E-state index contributed by atoms with van der Waals surface area (Å²) in [7, 11) is 1.58. The van der Waals surface area contributed by atoms with Gasteiger partial charge in [-0.25, -0.2) is 22.5 Å². The van der Waals surface area contributed by atoms with Gasteiger partial charge in [-0.05, 0) is 37.1 Å². The number of aromatic nitrogens is 2. The molecule has 0 spiro atoms. The number of methoxy groups -OCH3 is 1. The Kier molecular flexibility index (Phi) is 9.12. The molecule has 36 heavy (non-hydrogen) atoms. The van der Waals surface area contributed by atoms with Crippen LogP contribution in [0.2, 0.25) is 0 Å². The Balaban J connectivity index is 0.00000176. The van der Waals surface area contributed by atoms with E-state index in [1.165, 1.54) is 24.4 Å². The van der Waals surface area contributed by atoms with Gasteiger partial charge in [0.1, 0.15) is 17.3 Å². The molecule has 2 aromatic heterocycles. The predicted molar refractivity (Wildman–Crippen MR) is 135 cm³/mol. The average Bonchev–Trinajstić information content (AvgIpc) is 2.90. The molecule has 0 amide bonds. The van der Waals surface area contributed by atoms with Crippen LogP contribution >= 0.6 is 0 Å². The highest BCUT2D eigenvalue weighted by Crippen LogP contribution is 2.39. The van der Waals surface area contributed by atoms with Crippen LogP contribution in [0.5, 0.6) is 5.75 Å². The number of hydrogen-bond acceptors (Lipinski definition) is 5. The minimum Gasteiger partial charge on any atom is -0.494 e. The molecule has 4 rings (SSSR count). The zero-order chi connectivity index (χ0) is 26.3. The summed E-state index contributed by atoms with van der Waals surface area (Å²) in [6, 6.07) is 11.1. The van der Waals surface area contributed by atoms with Gasteiger partial charge in [-0.15, -0.1) is 0 Å². The SMILES string of the molecule is CC.COc1ccncc1N(c1ccc(C(C)(F)F)cc1)C1CCN(c2ccc(C(F)F)cn2)CC1. The van der Waals surface area contributed by atoms with Crippen LogP contribution in [0.1, 0.15) is 51.2 Å². The third kappa shape index (κ3) is 6.25. The second-order valence-corrected chi connectivity index (χ2v) is 8.32. The molecule has 0 atom stereocenters. The number of halogens is 4. The van der Waals surface area contributed by atoms with Crippen LogP contribution in [0.25, 0.3) is 0 Å². The number of ether oxygens (including phenoxy) is 1. The average molecular weight is 505 g/mol. The summed E-state index contributed by atoms with van der Waals surface area (Å²) in [6.45, 7) is 6.20. The topological polar surface area (TPSA) is 41.5 Å². The van der Waals surface area contributed by atoms with Crippen LogP contribution < -0.4 is 14.5 Å². The fraction of sp³-hybridized carbons (Fsp3) is 0.407. The van der Waals surface area contributed by atoms with Crippen LogP contribution in [0.15, 0.2) is 61.1 Å². The van der Waals surface area contributed by atoms with Crippen molar-refractivity contribution in [3.8, 4) is 5.75 Å².